The quantitative estimate of drug-likeness (QED) is 0.670. The predicted molar refractivity (Wildman–Crippen MR) is 50.0 cm³/mol. The highest BCUT2D eigenvalue weighted by Crippen LogP contribution is 2.20. The molecule has 1 aromatic heterocycles. The Kier molecular flexibility index (Phi) is 3.23. The maximum absolute atomic E-state index is 10.8. The average molecular weight is 181 g/mol. The zero-order valence-corrected chi connectivity index (χ0v) is 8.33. The van der Waals surface area contributed by atoms with Gasteiger partial charge in [0, 0.05) is 6.42 Å². The number of nitrogens with zero attached hydrogens (tertiary/aromatic N) is 1. The summed E-state index contributed by atoms with van der Waals surface area (Å²) in [4.78, 5) is 10.8. The van der Waals surface area contributed by atoms with Crippen molar-refractivity contribution in [2.75, 3.05) is 0 Å². The summed E-state index contributed by atoms with van der Waals surface area (Å²) in [6.07, 6.45) is 2.60. The number of hydrogen-bond donors (Lipinski definition) is 0. The van der Waals surface area contributed by atoms with Gasteiger partial charge >= 0.3 is 0 Å². The molecule has 0 aliphatic rings. The van der Waals surface area contributed by atoms with Crippen LogP contribution in [0.1, 0.15) is 54.9 Å². The van der Waals surface area contributed by atoms with E-state index >= 15 is 0 Å². The van der Waals surface area contributed by atoms with E-state index in [1.54, 1.807) is 0 Å². The van der Waals surface area contributed by atoms with E-state index in [2.05, 4.69) is 5.16 Å². The Morgan fingerprint density at radius 3 is 2.69 bits per heavy atom. The monoisotopic (exact) mass is 181 g/mol. The average Bonchev–Trinajstić information content (AvgIpc) is 2.48. The lowest BCUT2D eigenvalue weighted by Gasteiger charge is -1.98. The first-order valence-electron chi connectivity index (χ1n) is 4.64. The molecule has 3 heteroatoms. The minimum Gasteiger partial charge on any atom is -0.360 e. The molecule has 0 bridgehead atoms. The molecule has 0 N–H and O–H groups in total. The van der Waals surface area contributed by atoms with Gasteiger partial charge in [-0.2, -0.15) is 0 Å². The lowest BCUT2D eigenvalue weighted by Crippen LogP contribution is -1.95. The zero-order chi connectivity index (χ0) is 9.84. The van der Waals surface area contributed by atoms with Gasteiger partial charge in [0.25, 0.3) is 0 Å². The highest BCUT2D eigenvalue weighted by molar-refractivity contribution is 5.78. The van der Waals surface area contributed by atoms with Crippen LogP contribution < -0.4 is 0 Å². The van der Waals surface area contributed by atoms with E-state index < -0.39 is 0 Å². The smallest absolute Gasteiger partial charge is 0.155 e. The van der Waals surface area contributed by atoms with Crippen LogP contribution in [0.5, 0.6) is 0 Å². The van der Waals surface area contributed by atoms with Crippen molar-refractivity contribution < 1.29 is 9.32 Å². The first-order valence-corrected chi connectivity index (χ1v) is 4.64. The van der Waals surface area contributed by atoms with Crippen LogP contribution in [-0.2, 0) is 6.42 Å². The third-order valence-electron chi connectivity index (χ3n) is 1.97. The molecule has 0 fully saturated rings. The zero-order valence-electron chi connectivity index (χ0n) is 8.33. The number of carbonyl (C=O) groups excluding carboxylic acids is 1. The first-order chi connectivity index (χ1) is 6.20. The van der Waals surface area contributed by atoms with Crippen molar-refractivity contribution in [3.8, 4) is 0 Å². The Morgan fingerprint density at radius 2 is 2.23 bits per heavy atom. The Bertz CT molecular complexity index is 289. The molecule has 0 saturated carbocycles. The van der Waals surface area contributed by atoms with Crippen LogP contribution in [0.3, 0.4) is 0 Å². The third kappa shape index (κ3) is 1.97. The number of hydrogen-bond acceptors (Lipinski definition) is 3. The second kappa shape index (κ2) is 4.21. The summed E-state index contributed by atoms with van der Waals surface area (Å²) in [5.41, 5.74) is 1.43. The van der Waals surface area contributed by atoms with E-state index in [0.717, 1.165) is 30.6 Å². The summed E-state index contributed by atoms with van der Waals surface area (Å²) in [7, 11) is 0. The number of aryl methyl sites for hydroxylation is 1. The van der Waals surface area contributed by atoms with Crippen molar-refractivity contribution in [2.45, 2.75) is 39.5 Å². The van der Waals surface area contributed by atoms with Gasteiger partial charge in [-0.25, -0.2) is 0 Å². The van der Waals surface area contributed by atoms with Crippen LogP contribution in [0.4, 0.5) is 0 Å². The molecule has 0 amide bonds. The van der Waals surface area contributed by atoms with E-state index in [-0.39, 0.29) is 5.92 Å². The topological polar surface area (TPSA) is 43.1 Å². The molecule has 1 aromatic rings. The van der Waals surface area contributed by atoms with Gasteiger partial charge in [-0.15, -0.1) is 0 Å². The summed E-state index contributed by atoms with van der Waals surface area (Å²) >= 11 is 0. The van der Waals surface area contributed by atoms with Crippen molar-refractivity contribution >= 4 is 6.29 Å². The Hall–Kier alpha value is -1.12. The number of aldehydes is 1. The van der Waals surface area contributed by atoms with Crippen LogP contribution in [0.25, 0.3) is 0 Å². The molecule has 0 saturated heterocycles. The van der Waals surface area contributed by atoms with Gasteiger partial charge in [0.2, 0.25) is 0 Å². The Morgan fingerprint density at radius 1 is 1.54 bits per heavy atom. The van der Waals surface area contributed by atoms with Gasteiger partial charge in [-0.05, 0) is 12.3 Å². The molecule has 0 radical (unpaired) electrons. The summed E-state index contributed by atoms with van der Waals surface area (Å²) in [6, 6.07) is 0. The molecule has 1 rings (SSSR count). The molecule has 0 aromatic carbocycles. The molecule has 72 valence electrons. The van der Waals surface area contributed by atoms with E-state index in [4.69, 9.17) is 4.52 Å². The molecule has 1 heterocycles. The maximum Gasteiger partial charge on any atom is 0.155 e. The van der Waals surface area contributed by atoms with Crippen LogP contribution in [0, 0.1) is 0 Å². The standard InChI is InChI=1S/C10H15NO2/c1-4-5-9-8(6-12)10(7(2)3)11-13-9/h6-7H,4-5H2,1-3H3. The highest BCUT2D eigenvalue weighted by Gasteiger charge is 2.16. The van der Waals surface area contributed by atoms with Gasteiger partial charge in [-0.3, -0.25) is 4.79 Å². The molecule has 0 spiro atoms. The van der Waals surface area contributed by atoms with E-state index in [0.29, 0.717) is 5.56 Å². The lowest BCUT2D eigenvalue weighted by atomic mass is 10.0. The molecular formula is C10H15NO2. The SMILES string of the molecule is CCCc1onc(C(C)C)c1C=O. The molecule has 0 atom stereocenters. The fourth-order valence-electron chi connectivity index (χ4n) is 1.30. The van der Waals surface area contributed by atoms with Crippen LogP contribution in [0.15, 0.2) is 4.52 Å². The molecule has 3 nitrogen and oxygen atoms in total. The number of carbonyl (C=O) groups is 1. The van der Waals surface area contributed by atoms with Gasteiger partial charge in [0.1, 0.15) is 5.76 Å². The summed E-state index contributed by atoms with van der Waals surface area (Å²) in [6.45, 7) is 6.05. The van der Waals surface area contributed by atoms with Crippen molar-refractivity contribution in [2.24, 2.45) is 0 Å². The maximum atomic E-state index is 10.8. The van der Waals surface area contributed by atoms with Crippen molar-refractivity contribution in [1.82, 2.24) is 5.16 Å². The fourth-order valence-corrected chi connectivity index (χ4v) is 1.30. The van der Waals surface area contributed by atoms with E-state index in [1.807, 2.05) is 20.8 Å². The van der Waals surface area contributed by atoms with E-state index in [1.165, 1.54) is 0 Å². The molecule has 13 heavy (non-hydrogen) atoms. The summed E-state index contributed by atoms with van der Waals surface area (Å²) in [5, 5.41) is 3.90. The van der Waals surface area contributed by atoms with Crippen LogP contribution >= 0.6 is 0 Å². The van der Waals surface area contributed by atoms with Gasteiger partial charge in [0.05, 0.1) is 11.3 Å². The predicted octanol–water partition coefficient (Wildman–Crippen LogP) is 2.56. The Balaban J connectivity index is 3.03. The largest absolute Gasteiger partial charge is 0.360 e. The van der Waals surface area contributed by atoms with E-state index in [9.17, 15) is 4.79 Å². The van der Waals surface area contributed by atoms with Crippen LogP contribution in [-0.4, -0.2) is 11.4 Å². The third-order valence-corrected chi connectivity index (χ3v) is 1.97. The van der Waals surface area contributed by atoms with Gasteiger partial charge in [-0.1, -0.05) is 25.9 Å². The first kappa shape index (κ1) is 9.96. The highest BCUT2D eigenvalue weighted by atomic mass is 16.5. The summed E-state index contributed by atoms with van der Waals surface area (Å²) in [5.74, 6) is 0.968. The van der Waals surface area contributed by atoms with Crippen molar-refractivity contribution in [3.05, 3.63) is 17.0 Å². The molecular weight excluding hydrogens is 166 g/mol. The van der Waals surface area contributed by atoms with Gasteiger partial charge in [0.15, 0.2) is 6.29 Å². The number of aromatic nitrogens is 1. The minimum atomic E-state index is 0.245. The fraction of sp³-hybridized carbons (Fsp3) is 0.600. The minimum absolute atomic E-state index is 0.245. The van der Waals surface area contributed by atoms with Crippen molar-refractivity contribution in [3.63, 3.8) is 0 Å². The number of rotatable bonds is 4. The normalized spacial score (nSPS) is 10.8. The molecule has 0 aliphatic carbocycles. The summed E-state index contributed by atoms with van der Waals surface area (Å²) < 4.78 is 5.11. The van der Waals surface area contributed by atoms with Gasteiger partial charge < -0.3 is 4.52 Å². The Labute approximate surface area is 78.1 Å². The lowest BCUT2D eigenvalue weighted by molar-refractivity contribution is 0.112. The second-order valence-electron chi connectivity index (χ2n) is 3.43. The molecule has 0 aliphatic heterocycles. The van der Waals surface area contributed by atoms with Crippen molar-refractivity contribution in [1.29, 1.82) is 0 Å². The molecule has 0 unspecified atom stereocenters. The van der Waals surface area contributed by atoms with Crippen LogP contribution in [0.2, 0.25) is 0 Å². The second-order valence-corrected chi connectivity index (χ2v) is 3.43.